The predicted octanol–water partition coefficient (Wildman–Crippen LogP) is 1.56. The molecule has 0 aliphatic rings. The van der Waals surface area contributed by atoms with Crippen LogP contribution in [-0.4, -0.2) is 19.3 Å². The maximum Gasteiger partial charge on any atom is 0.161 e. The van der Waals surface area contributed by atoms with Gasteiger partial charge in [0.05, 0.1) is 11.0 Å². The number of anilines is 1. The number of aryl methyl sites for hydroxylation is 2. The number of aromatic nitrogens is 4. The lowest BCUT2D eigenvalue weighted by Gasteiger charge is -1.99. The van der Waals surface area contributed by atoms with E-state index < -0.39 is 0 Å². The molecule has 0 amide bonds. The van der Waals surface area contributed by atoms with E-state index in [-0.39, 0.29) is 0 Å². The van der Waals surface area contributed by atoms with Crippen molar-refractivity contribution < 1.29 is 0 Å². The van der Waals surface area contributed by atoms with Gasteiger partial charge in [0.1, 0.15) is 5.69 Å². The lowest BCUT2D eigenvalue weighted by atomic mass is 10.3. The molecule has 2 N–H and O–H groups in total. The number of imidazole rings is 1. The van der Waals surface area contributed by atoms with Crippen LogP contribution in [0.25, 0.3) is 22.6 Å². The summed E-state index contributed by atoms with van der Waals surface area (Å²) in [5.41, 5.74) is 9.34. The van der Waals surface area contributed by atoms with Crippen molar-refractivity contribution in [3.8, 4) is 11.5 Å². The van der Waals surface area contributed by atoms with Crippen LogP contribution in [-0.2, 0) is 14.1 Å². The predicted molar refractivity (Wildman–Crippen MR) is 67.3 cm³/mol. The fourth-order valence-electron chi connectivity index (χ4n) is 1.97. The third-order valence-electron chi connectivity index (χ3n) is 2.85. The van der Waals surface area contributed by atoms with Gasteiger partial charge in [0, 0.05) is 26.0 Å². The molecule has 3 rings (SSSR count). The van der Waals surface area contributed by atoms with Crippen LogP contribution in [0.3, 0.4) is 0 Å². The number of benzene rings is 1. The normalized spacial score (nSPS) is 11.2. The average molecular weight is 227 g/mol. The fourth-order valence-corrected chi connectivity index (χ4v) is 1.97. The number of fused-ring (bicyclic) bond motifs is 1. The van der Waals surface area contributed by atoms with Crippen LogP contribution >= 0.6 is 0 Å². The lowest BCUT2D eigenvalue weighted by Crippen LogP contribution is -1.95. The molecule has 3 aromatic rings. The van der Waals surface area contributed by atoms with Gasteiger partial charge in [0.15, 0.2) is 5.82 Å². The second-order valence-electron chi connectivity index (χ2n) is 4.12. The van der Waals surface area contributed by atoms with Gasteiger partial charge in [-0.2, -0.15) is 5.10 Å². The molecule has 0 bridgehead atoms. The van der Waals surface area contributed by atoms with Crippen molar-refractivity contribution in [2.75, 3.05) is 5.73 Å². The van der Waals surface area contributed by atoms with Crippen LogP contribution < -0.4 is 5.73 Å². The molecule has 0 fully saturated rings. The highest BCUT2D eigenvalue weighted by Crippen LogP contribution is 2.23. The third-order valence-corrected chi connectivity index (χ3v) is 2.85. The highest BCUT2D eigenvalue weighted by Gasteiger charge is 2.11. The summed E-state index contributed by atoms with van der Waals surface area (Å²) in [6.07, 6.45) is 1.91. The molecule has 2 heterocycles. The van der Waals surface area contributed by atoms with Crippen molar-refractivity contribution in [2.24, 2.45) is 14.1 Å². The van der Waals surface area contributed by atoms with E-state index in [9.17, 15) is 0 Å². The fraction of sp³-hybridized carbons (Fsp3) is 0.167. The van der Waals surface area contributed by atoms with Crippen molar-refractivity contribution in [2.45, 2.75) is 0 Å². The number of nitrogen functional groups attached to an aromatic ring is 1. The van der Waals surface area contributed by atoms with E-state index in [1.807, 2.05) is 49.1 Å². The van der Waals surface area contributed by atoms with Gasteiger partial charge in [0.2, 0.25) is 0 Å². The molecule has 0 aliphatic heterocycles. The molecule has 0 unspecified atom stereocenters. The maximum absolute atomic E-state index is 5.78. The summed E-state index contributed by atoms with van der Waals surface area (Å²) in [5.74, 6) is 0.853. The smallest absolute Gasteiger partial charge is 0.161 e. The zero-order valence-corrected chi connectivity index (χ0v) is 9.75. The number of hydrogen-bond donors (Lipinski definition) is 1. The second kappa shape index (κ2) is 3.35. The molecule has 0 saturated carbocycles. The van der Waals surface area contributed by atoms with Gasteiger partial charge in [-0.25, -0.2) is 4.98 Å². The molecule has 0 saturated heterocycles. The molecule has 86 valence electrons. The minimum atomic E-state index is 0.744. The first-order valence-corrected chi connectivity index (χ1v) is 5.37. The van der Waals surface area contributed by atoms with Gasteiger partial charge in [-0.1, -0.05) is 0 Å². The monoisotopic (exact) mass is 227 g/mol. The quantitative estimate of drug-likeness (QED) is 0.642. The van der Waals surface area contributed by atoms with Crippen molar-refractivity contribution in [3.63, 3.8) is 0 Å². The molecule has 0 spiro atoms. The Morgan fingerprint density at radius 2 is 2.00 bits per heavy atom. The summed E-state index contributed by atoms with van der Waals surface area (Å²) < 4.78 is 3.77. The Bertz CT molecular complexity index is 692. The van der Waals surface area contributed by atoms with E-state index in [1.54, 1.807) is 4.68 Å². The average Bonchev–Trinajstić information content (AvgIpc) is 2.84. The Kier molecular flexibility index (Phi) is 1.95. The van der Waals surface area contributed by atoms with Crippen LogP contribution in [0.5, 0.6) is 0 Å². The molecule has 0 aliphatic carbocycles. The summed E-state index contributed by atoms with van der Waals surface area (Å²) in [6, 6.07) is 7.66. The van der Waals surface area contributed by atoms with Crippen LogP contribution in [0.4, 0.5) is 5.69 Å². The van der Waals surface area contributed by atoms with E-state index in [2.05, 4.69) is 10.1 Å². The van der Waals surface area contributed by atoms with Crippen LogP contribution in [0.15, 0.2) is 30.5 Å². The Balaban J connectivity index is 2.27. The summed E-state index contributed by atoms with van der Waals surface area (Å²) in [6.45, 7) is 0. The zero-order chi connectivity index (χ0) is 12.0. The summed E-state index contributed by atoms with van der Waals surface area (Å²) in [4.78, 5) is 4.57. The Morgan fingerprint density at radius 3 is 2.71 bits per heavy atom. The van der Waals surface area contributed by atoms with Gasteiger partial charge >= 0.3 is 0 Å². The van der Waals surface area contributed by atoms with Crippen LogP contribution in [0.1, 0.15) is 0 Å². The first kappa shape index (κ1) is 9.89. The molecular formula is C12H13N5. The van der Waals surface area contributed by atoms with E-state index >= 15 is 0 Å². The molecule has 5 heteroatoms. The van der Waals surface area contributed by atoms with Crippen molar-refractivity contribution in [3.05, 3.63) is 30.5 Å². The van der Waals surface area contributed by atoms with E-state index in [0.29, 0.717) is 0 Å². The van der Waals surface area contributed by atoms with Crippen molar-refractivity contribution >= 4 is 16.7 Å². The van der Waals surface area contributed by atoms with Crippen molar-refractivity contribution in [1.29, 1.82) is 0 Å². The van der Waals surface area contributed by atoms with E-state index in [1.165, 1.54) is 0 Å². The minimum absolute atomic E-state index is 0.744. The van der Waals surface area contributed by atoms with Gasteiger partial charge < -0.3 is 10.3 Å². The summed E-state index contributed by atoms with van der Waals surface area (Å²) >= 11 is 0. The Hall–Kier alpha value is -2.30. The Labute approximate surface area is 98.5 Å². The van der Waals surface area contributed by atoms with E-state index in [4.69, 9.17) is 5.73 Å². The molecular weight excluding hydrogens is 214 g/mol. The van der Waals surface area contributed by atoms with Gasteiger partial charge in [-0.15, -0.1) is 0 Å². The molecule has 2 aromatic heterocycles. The molecule has 0 radical (unpaired) electrons. The Morgan fingerprint density at radius 1 is 1.18 bits per heavy atom. The largest absolute Gasteiger partial charge is 0.399 e. The third kappa shape index (κ3) is 1.47. The molecule has 5 nitrogen and oxygen atoms in total. The lowest BCUT2D eigenvalue weighted by molar-refractivity contribution is 0.766. The molecule has 0 atom stereocenters. The zero-order valence-electron chi connectivity index (χ0n) is 9.75. The number of nitrogens with zero attached hydrogens (tertiary/aromatic N) is 4. The highest BCUT2D eigenvalue weighted by molar-refractivity contribution is 5.82. The highest BCUT2D eigenvalue weighted by atomic mass is 15.3. The first-order valence-electron chi connectivity index (χ1n) is 5.37. The number of hydrogen-bond acceptors (Lipinski definition) is 3. The summed E-state index contributed by atoms with van der Waals surface area (Å²) in [7, 11) is 3.86. The minimum Gasteiger partial charge on any atom is -0.399 e. The van der Waals surface area contributed by atoms with Crippen LogP contribution in [0.2, 0.25) is 0 Å². The van der Waals surface area contributed by atoms with Gasteiger partial charge in [0.25, 0.3) is 0 Å². The molecule has 17 heavy (non-hydrogen) atoms. The van der Waals surface area contributed by atoms with Crippen molar-refractivity contribution in [1.82, 2.24) is 19.3 Å². The molecule has 1 aromatic carbocycles. The first-order chi connectivity index (χ1) is 8.15. The number of nitrogens with two attached hydrogens (primary N) is 1. The van der Waals surface area contributed by atoms with Gasteiger partial charge in [-0.05, 0) is 24.3 Å². The van der Waals surface area contributed by atoms with E-state index in [0.717, 1.165) is 28.2 Å². The SMILES string of the molecule is Cn1ccc(-c2nc3ccc(N)cc3n2C)n1. The standard InChI is InChI=1S/C12H13N5/c1-16-6-5-10(15-16)12-14-9-4-3-8(13)7-11(9)17(12)2/h3-7H,13H2,1-2H3. The number of rotatable bonds is 1. The second-order valence-corrected chi connectivity index (χ2v) is 4.12. The van der Waals surface area contributed by atoms with Gasteiger partial charge in [-0.3, -0.25) is 4.68 Å². The summed E-state index contributed by atoms with van der Waals surface area (Å²) in [5, 5.41) is 4.36. The topological polar surface area (TPSA) is 61.7 Å². The van der Waals surface area contributed by atoms with Crippen LogP contribution in [0, 0.1) is 0 Å². The maximum atomic E-state index is 5.78.